The molecule has 3 heterocycles. The molecule has 0 unspecified atom stereocenters. The number of rotatable bonds is 5. The van der Waals surface area contributed by atoms with E-state index in [4.69, 9.17) is 5.10 Å². The first-order valence-electron chi connectivity index (χ1n) is 11.4. The molecule has 0 saturated carbocycles. The second-order valence-corrected chi connectivity index (χ2v) is 8.73. The first-order valence-corrected chi connectivity index (χ1v) is 11.4. The monoisotopic (exact) mass is 442 g/mol. The fourth-order valence-corrected chi connectivity index (χ4v) is 4.61. The topological polar surface area (TPSA) is 43.1 Å². The molecule has 1 amide bonds. The van der Waals surface area contributed by atoms with Crippen molar-refractivity contribution in [2.45, 2.75) is 19.3 Å². The third-order valence-corrected chi connectivity index (χ3v) is 6.47. The minimum Gasteiger partial charge on any atom is -0.349 e. The van der Waals surface area contributed by atoms with Gasteiger partial charge < -0.3 is 9.47 Å². The van der Waals surface area contributed by atoms with Crippen LogP contribution in [0.25, 0.3) is 17.1 Å². The van der Waals surface area contributed by atoms with Gasteiger partial charge in [-0.25, -0.2) is 9.07 Å². The molecular formula is C27H27FN4O. The van der Waals surface area contributed by atoms with Crippen molar-refractivity contribution in [2.24, 2.45) is 13.0 Å². The van der Waals surface area contributed by atoms with Gasteiger partial charge in [0, 0.05) is 26.3 Å². The molecule has 5 rings (SSSR count). The van der Waals surface area contributed by atoms with Crippen molar-refractivity contribution >= 4 is 5.91 Å². The first kappa shape index (κ1) is 21.2. The predicted molar refractivity (Wildman–Crippen MR) is 127 cm³/mol. The Morgan fingerprint density at radius 1 is 1.00 bits per heavy atom. The minimum absolute atomic E-state index is 0.0366. The molecule has 1 aliphatic heterocycles. The SMILES string of the molecule is Cn1cccc1-c1cc(C(=O)N2CCC(Cc3ccccc3)CC2)n(-c2ccc(F)cc2)n1. The molecule has 0 N–H and O–H groups in total. The van der Waals surface area contributed by atoms with Gasteiger partial charge in [0.25, 0.3) is 5.91 Å². The zero-order valence-electron chi connectivity index (χ0n) is 18.7. The summed E-state index contributed by atoms with van der Waals surface area (Å²) in [5, 5.41) is 4.73. The van der Waals surface area contributed by atoms with Gasteiger partial charge >= 0.3 is 0 Å². The molecule has 2 aromatic heterocycles. The van der Waals surface area contributed by atoms with Gasteiger partial charge in [-0.2, -0.15) is 5.10 Å². The molecule has 1 aliphatic rings. The van der Waals surface area contributed by atoms with Gasteiger partial charge in [0.2, 0.25) is 0 Å². The van der Waals surface area contributed by atoms with Crippen LogP contribution in [-0.4, -0.2) is 38.2 Å². The number of hydrogen-bond donors (Lipinski definition) is 0. The molecule has 168 valence electrons. The molecule has 2 aromatic carbocycles. The summed E-state index contributed by atoms with van der Waals surface area (Å²) < 4.78 is 17.1. The highest BCUT2D eigenvalue weighted by molar-refractivity contribution is 5.94. The molecule has 6 heteroatoms. The number of hydrogen-bond acceptors (Lipinski definition) is 2. The Morgan fingerprint density at radius 3 is 2.39 bits per heavy atom. The van der Waals surface area contributed by atoms with Crippen molar-refractivity contribution in [3.8, 4) is 17.1 Å². The maximum absolute atomic E-state index is 13.6. The number of benzene rings is 2. The molecule has 1 fully saturated rings. The van der Waals surface area contributed by atoms with Gasteiger partial charge in [0.15, 0.2) is 0 Å². The van der Waals surface area contributed by atoms with Crippen molar-refractivity contribution in [1.29, 1.82) is 0 Å². The van der Waals surface area contributed by atoms with Gasteiger partial charge in [-0.1, -0.05) is 30.3 Å². The molecule has 0 atom stereocenters. The average molecular weight is 443 g/mol. The Kier molecular flexibility index (Phi) is 5.82. The number of likely N-dealkylation sites (tertiary alicyclic amines) is 1. The quantitative estimate of drug-likeness (QED) is 0.431. The maximum Gasteiger partial charge on any atom is 0.272 e. The summed E-state index contributed by atoms with van der Waals surface area (Å²) in [4.78, 5) is 15.5. The highest BCUT2D eigenvalue weighted by Crippen LogP contribution is 2.26. The van der Waals surface area contributed by atoms with Crippen LogP contribution < -0.4 is 0 Å². The zero-order chi connectivity index (χ0) is 22.8. The van der Waals surface area contributed by atoms with Crippen LogP contribution in [0, 0.1) is 11.7 Å². The molecule has 5 nitrogen and oxygen atoms in total. The summed E-state index contributed by atoms with van der Waals surface area (Å²) >= 11 is 0. The van der Waals surface area contributed by atoms with Crippen molar-refractivity contribution in [1.82, 2.24) is 19.2 Å². The van der Waals surface area contributed by atoms with Crippen LogP contribution in [0.15, 0.2) is 79.0 Å². The van der Waals surface area contributed by atoms with Crippen LogP contribution in [0.3, 0.4) is 0 Å². The third-order valence-electron chi connectivity index (χ3n) is 6.47. The van der Waals surface area contributed by atoms with E-state index in [0.29, 0.717) is 23.0 Å². The van der Waals surface area contributed by atoms with E-state index < -0.39 is 0 Å². The van der Waals surface area contributed by atoms with Crippen LogP contribution in [0.2, 0.25) is 0 Å². The summed E-state index contributed by atoms with van der Waals surface area (Å²) in [5.74, 6) is 0.227. The minimum atomic E-state index is -0.318. The summed E-state index contributed by atoms with van der Waals surface area (Å²) in [6, 6.07) is 22.4. The zero-order valence-corrected chi connectivity index (χ0v) is 18.7. The molecule has 0 radical (unpaired) electrons. The second-order valence-electron chi connectivity index (χ2n) is 8.73. The molecular weight excluding hydrogens is 415 g/mol. The number of aromatic nitrogens is 3. The summed E-state index contributed by atoms with van der Waals surface area (Å²) in [6.45, 7) is 1.45. The maximum atomic E-state index is 13.6. The number of aryl methyl sites for hydroxylation is 1. The van der Waals surface area contributed by atoms with E-state index in [-0.39, 0.29) is 11.7 Å². The Bertz CT molecular complexity index is 1230. The summed E-state index contributed by atoms with van der Waals surface area (Å²) in [5.41, 5.74) is 4.16. The highest BCUT2D eigenvalue weighted by Gasteiger charge is 2.27. The molecule has 1 saturated heterocycles. The molecule has 0 aliphatic carbocycles. The van der Waals surface area contributed by atoms with Crippen LogP contribution in [-0.2, 0) is 13.5 Å². The number of carbonyl (C=O) groups is 1. The van der Waals surface area contributed by atoms with E-state index in [1.54, 1.807) is 16.8 Å². The smallest absolute Gasteiger partial charge is 0.272 e. The van der Waals surface area contributed by atoms with E-state index in [0.717, 1.165) is 38.0 Å². The lowest BCUT2D eigenvalue weighted by Crippen LogP contribution is -2.39. The Balaban J connectivity index is 1.38. The second kappa shape index (κ2) is 9.06. The highest BCUT2D eigenvalue weighted by atomic mass is 19.1. The van der Waals surface area contributed by atoms with Crippen LogP contribution in [0.5, 0.6) is 0 Å². The predicted octanol–water partition coefficient (Wildman–Crippen LogP) is 5.11. The van der Waals surface area contributed by atoms with Gasteiger partial charge in [-0.05, 0) is 73.2 Å². The lowest BCUT2D eigenvalue weighted by atomic mass is 9.90. The lowest BCUT2D eigenvalue weighted by molar-refractivity contribution is 0.0681. The average Bonchev–Trinajstić information content (AvgIpc) is 3.46. The largest absolute Gasteiger partial charge is 0.349 e. The van der Waals surface area contributed by atoms with E-state index >= 15 is 0 Å². The van der Waals surface area contributed by atoms with Gasteiger partial charge in [-0.15, -0.1) is 0 Å². The van der Waals surface area contributed by atoms with E-state index in [9.17, 15) is 9.18 Å². The first-order chi connectivity index (χ1) is 16.1. The van der Waals surface area contributed by atoms with E-state index in [1.807, 2.05) is 47.0 Å². The van der Waals surface area contributed by atoms with Crippen molar-refractivity contribution < 1.29 is 9.18 Å². The molecule has 4 aromatic rings. The fraction of sp³-hybridized carbons (Fsp3) is 0.259. The van der Waals surface area contributed by atoms with Crippen LogP contribution >= 0.6 is 0 Å². The number of nitrogens with zero attached hydrogens (tertiary/aromatic N) is 4. The fourth-order valence-electron chi connectivity index (χ4n) is 4.61. The normalized spacial score (nSPS) is 14.5. The number of amides is 1. The standard InChI is InChI=1S/C27H27FN4O/c1-30-15-5-8-25(30)24-19-26(32(29-24)23-11-9-22(28)10-12-23)27(33)31-16-13-21(14-17-31)18-20-6-3-2-4-7-20/h2-12,15,19,21H,13-14,16-18H2,1H3. The Labute approximate surface area is 193 Å². The number of piperidine rings is 1. The van der Waals surface area contributed by atoms with E-state index in [2.05, 4.69) is 24.3 Å². The Hall–Kier alpha value is -3.67. The molecule has 0 spiro atoms. The number of halogens is 1. The van der Waals surface area contributed by atoms with Crippen LogP contribution in [0.1, 0.15) is 28.9 Å². The van der Waals surface area contributed by atoms with Crippen molar-refractivity contribution in [3.05, 3.63) is 96.1 Å². The third kappa shape index (κ3) is 4.46. The Morgan fingerprint density at radius 2 is 1.73 bits per heavy atom. The van der Waals surface area contributed by atoms with Gasteiger partial charge in [0.05, 0.1) is 11.4 Å². The van der Waals surface area contributed by atoms with Gasteiger partial charge in [-0.3, -0.25) is 4.79 Å². The van der Waals surface area contributed by atoms with Crippen molar-refractivity contribution in [2.75, 3.05) is 13.1 Å². The van der Waals surface area contributed by atoms with E-state index in [1.165, 1.54) is 17.7 Å². The molecule has 0 bridgehead atoms. The summed E-state index contributed by atoms with van der Waals surface area (Å²) in [7, 11) is 1.95. The van der Waals surface area contributed by atoms with Crippen molar-refractivity contribution in [3.63, 3.8) is 0 Å². The lowest BCUT2D eigenvalue weighted by Gasteiger charge is -2.32. The number of carbonyl (C=O) groups excluding carboxylic acids is 1. The summed E-state index contributed by atoms with van der Waals surface area (Å²) in [6.07, 6.45) is 4.96. The van der Waals surface area contributed by atoms with Gasteiger partial charge in [0.1, 0.15) is 17.2 Å². The van der Waals surface area contributed by atoms with Crippen LogP contribution in [0.4, 0.5) is 4.39 Å². The molecule has 33 heavy (non-hydrogen) atoms.